The number of carbonyl (C=O) groups is 3. The van der Waals surface area contributed by atoms with E-state index in [1.807, 2.05) is 36.1 Å². The minimum Gasteiger partial charge on any atom is -0.497 e. The van der Waals surface area contributed by atoms with Crippen LogP contribution < -0.4 is 20.1 Å². The Bertz CT molecular complexity index is 1110. The summed E-state index contributed by atoms with van der Waals surface area (Å²) in [4.78, 5) is 40.9. The van der Waals surface area contributed by atoms with Crippen LogP contribution in [0.15, 0.2) is 42.5 Å². The fraction of sp³-hybridized carbons (Fsp3) is 0.464. The molecule has 0 spiro atoms. The number of hydrogen-bond donors (Lipinski definition) is 2. The molecule has 3 amide bonds. The predicted molar refractivity (Wildman–Crippen MR) is 136 cm³/mol. The van der Waals surface area contributed by atoms with Gasteiger partial charge in [-0.15, -0.1) is 0 Å². The first kappa shape index (κ1) is 25.5. The van der Waals surface area contributed by atoms with Gasteiger partial charge in [0.2, 0.25) is 5.91 Å². The first-order valence-electron chi connectivity index (χ1n) is 12.5. The molecular weight excluding hydrogens is 458 g/mol. The molecule has 36 heavy (non-hydrogen) atoms. The molecule has 1 aliphatic heterocycles. The van der Waals surface area contributed by atoms with Gasteiger partial charge in [0.25, 0.3) is 11.8 Å². The molecule has 8 heteroatoms. The van der Waals surface area contributed by atoms with Gasteiger partial charge in [0, 0.05) is 29.3 Å². The summed E-state index contributed by atoms with van der Waals surface area (Å²) in [5.74, 6) is 0.458. The molecule has 8 nitrogen and oxygen atoms in total. The zero-order valence-electron chi connectivity index (χ0n) is 21.6. The van der Waals surface area contributed by atoms with Crippen LogP contribution in [0.5, 0.6) is 11.5 Å². The average molecular weight is 494 g/mol. The molecule has 0 bridgehead atoms. The van der Waals surface area contributed by atoms with Gasteiger partial charge in [-0.05, 0) is 76.3 Å². The van der Waals surface area contributed by atoms with E-state index in [9.17, 15) is 14.4 Å². The molecule has 0 aromatic heterocycles. The number of benzene rings is 2. The zero-order chi connectivity index (χ0) is 26.0. The lowest BCUT2D eigenvalue weighted by Crippen LogP contribution is -2.49. The number of methoxy groups -OCH3 is 2. The maximum Gasteiger partial charge on any atom is 0.254 e. The van der Waals surface area contributed by atoms with Crippen molar-refractivity contribution in [1.29, 1.82) is 0 Å². The highest BCUT2D eigenvalue weighted by atomic mass is 16.5. The van der Waals surface area contributed by atoms with E-state index in [4.69, 9.17) is 9.47 Å². The molecule has 4 rings (SSSR count). The molecule has 1 heterocycles. The second-order valence-corrected chi connectivity index (χ2v) is 9.94. The topological polar surface area (TPSA) is 97.0 Å². The number of amides is 3. The van der Waals surface area contributed by atoms with Crippen LogP contribution in [-0.2, 0) is 4.79 Å². The fourth-order valence-corrected chi connectivity index (χ4v) is 4.84. The SMILES string of the molecule is COc1cc(OC)cc(C(=O)NC2(C(=O)N[C@H](C)c3ccc(C(=O)N4C(C)CCC4C)cc3)CC2)c1. The van der Waals surface area contributed by atoms with Crippen molar-refractivity contribution in [2.75, 3.05) is 14.2 Å². The summed E-state index contributed by atoms with van der Waals surface area (Å²) in [5.41, 5.74) is 0.972. The Hall–Kier alpha value is -3.55. The lowest BCUT2D eigenvalue weighted by Gasteiger charge is -2.26. The number of rotatable bonds is 8. The molecule has 2 N–H and O–H groups in total. The molecule has 1 aliphatic carbocycles. The summed E-state index contributed by atoms with van der Waals surface area (Å²) in [6.07, 6.45) is 3.19. The van der Waals surface area contributed by atoms with Crippen molar-refractivity contribution in [3.8, 4) is 11.5 Å². The van der Waals surface area contributed by atoms with E-state index in [0.29, 0.717) is 35.5 Å². The fourth-order valence-electron chi connectivity index (χ4n) is 4.84. The van der Waals surface area contributed by atoms with E-state index in [0.717, 1.165) is 18.4 Å². The Morgan fingerprint density at radius 1 is 0.917 bits per heavy atom. The van der Waals surface area contributed by atoms with E-state index in [-0.39, 0.29) is 35.8 Å². The van der Waals surface area contributed by atoms with Gasteiger partial charge in [0.1, 0.15) is 17.0 Å². The van der Waals surface area contributed by atoms with Crippen LogP contribution in [-0.4, -0.2) is 54.5 Å². The van der Waals surface area contributed by atoms with Gasteiger partial charge < -0.3 is 25.0 Å². The lowest BCUT2D eigenvalue weighted by atomic mass is 10.0. The molecule has 0 radical (unpaired) electrons. The van der Waals surface area contributed by atoms with Gasteiger partial charge in [-0.2, -0.15) is 0 Å². The van der Waals surface area contributed by atoms with Gasteiger partial charge in [-0.25, -0.2) is 0 Å². The third-order valence-corrected chi connectivity index (χ3v) is 7.34. The van der Waals surface area contributed by atoms with Crippen molar-refractivity contribution in [3.63, 3.8) is 0 Å². The molecule has 2 unspecified atom stereocenters. The molecule has 1 saturated heterocycles. The highest BCUT2D eigenvalue weighted by molar-refractivity contribution is 6.01. The van der Waals surface area contributed by atoms with Crippen molar-refractivity contribution in [2.45, 2.75) is 70.1 Å². The van der Waals surface area contributed by atoms with Gasteiger partial charge in [-0.1, -0.05) is 12.1 Å². The van der Waals surface area contributed by atoms with Crippen molar-refractivity contribution in [2.24, 2.45) is 0 Å². The number of nitrogens with one attached hydrogen (secondary N) is 2. The van der Waals surface area contributed by atoms with Gasteiger partial charge in [-0.3, -0.25) is 14.4 Å². The van der Waals surface area contributed by atoms with Crippen LogP contribution in [0.25, 0.3) is 0 Å². The summed E-state index contributed by atoms with van der Waals surface area (Å²) in [6.45, 7) is 6.07. The summed E-state index contributed by atoms with van der Waals surface area (Å²) in [5, 5.41) is 5.91. The Morgan fingerprint density at radius 2 is 1.47 bits per heavy atom. The predicted octanol–water partition coefficient (Wildman–Crippen LogP) is 3.86. The maximum atomic E-state index is 13.1. The lowest BCUT2D eigenvalue weighted by molar-refractivity contribution is -0.124. The first-order chi connectivity index (χ1) is 17.2. The highest BCUT2D eigenvalue weighted by Gasteiger charge is 2.51. The Kier molecular flexibility index (Phi) is 7.24. The van der Waals surface area contributed by atoms with Gasteiger partial charge >= 0.3 is 0 Å². The van der Waals surface area contributed by atoms with Crippen LogP contribution in [0, 0.1) is 0 Å². The number of hydrogen-bond acceptors (Lipinski definition) is 5. The largest absolute Gasteiger partial charge is 0.497 e. The van der Waals surface area contributed by atoms with Crippen LogP contribution in [0.1, 0.15) is 78.8 Å². The van der Waals surface area contributed by atoms with E-state index in [1.165, 1.54) is 14.2 Å². The Labute approximate surface area is 212 Å². The minimum absolute atomic E-state index is 0.0459. The standard InChI is InChI=1S/C28H35N3O5/c1-17-6-7-18(2)31(17)26(33)21-10-8-20(9-11-21)19(3)29-27(34)28(12-13-28)30-25(32)22-14-23(35-4)16-24(15-22)36-5/h8-11,14-19H,6-7,12-13H2,1-5H3,(H,29,34)(H,30,32)/t17?,18?,19-/m1/s1. The number of nitrogens with zero attached hydrogens (tertiary/aromatic N) is 1. The zero-order valence-corrected chi connectivity index (χ0v) is 21.6. The number of carbonyl (C=O) groups excluding carboxylic acids is 3. The van der Waals surface area contributed by atoms with Crippen molar-refractivity contribution >= 4 is 17.7 Å². The molecule has 2 aliphatic rings. The van der Waals surface area contributed by atoms with Crippen LogP contribution in [0.2, 0.25) is 0 Å². The normalized spacial score (nSPS) is 20.9. The van der Waals surface area contributed by atoms with E-state index >= 15 is 0 Å². The smallest absolute Gasteiger partial charge is 0.254 e. The quantitative estimate of drug-likeness (QED) is 0.582. The van der Waals surface area contributed by atoms with Gasteiger partial charge in [0.05, 0.1) is 20.3 Å². The molecule has 2 aromatic carbocycles. The maximum absolute atomic E-state index is 13.1. The monoisotopic (exact) mass is 493 g/mol. The molecule has 2 fully saturated rings. The molecule has 3 atom stereocenters. The van der Waals surface area contributed by atoms with Crippen molar-refractivity contribution in [1.82, 2.24) is 15.5 Å². The van der Waals surface area contributed by atoms with E-state index in [1.54, 1.807) is 18.2 Å². The molecule has 2 aromatic rings. The molecule has 1 saturated carbocycles. The summed E-state index contributed by atoms with van der Waals surface area (Å²) < 4.78 is 10.5. The Morgan fingerprint density at radius 3 is 1.97 bits per heavy atom. The van der Waals surface area contributed by atoms with Crippen molar-refractivity contribution in [3.05, 3.63) is 59.2 Å². The second kappa shape index (κ2) is 10.2. The number of likely N-dealkylation sites (tertiary alicyclic amines) is 1. The summed E-state index contributed by atoms with van der Waals surface area (Å²) in [6, 6.07) is 12.5. The van der Waals surface area contributed by atoms with Crippen molar-refractivity contribution < 1.29 is 23.9 Å². The molecular formula is C28H35N3O5. The van der Waals surface area contributed by atoms with E-state index < -0.39 is 5.54 Å². The summed E-state index contributed by atoms with van der Waals surface area (Å²) >= 11 is 0. The average Bonchev–Trinajstić information content (AvgIpc) is 3.59. The van der Waals surface area contributed by atoms with Crippen LogP contribution in [0.3, 0.4) is 0 Å². The third kappa shape index (κ3) is 5.17. The number of ether oxygens (including phenoxy) is 2. The second-order valence-electron chi connectivity index (χ2n) is 9.94. The van der Waals surface area contributed by atoms with Crippen LogP contribution in [0.4, 0.5) is 0 Å². The Balaban J connectivity index is 1.39. The van der Waals surface area contributed by atoms with E-state index in [2.05, 4.69) is 24.5 Å². The van der Waals surface area contributed by atoms with Gasteiger partial charge in [0.15, 0.2) is 0 Å². The highest BCUT2D eigenvalue weighted by Crippen LogP contribution is 2.37. The summed E-state index contributed by atoms with van der Waals surface area (Å²) in [7, 11) is 3.03. The molecule has 192 valence electrons. The minimum atomic E-state index is -0.931. The first-order valence-corrected chi connectivity index (χ1v) is 12.5. The third-order valence-electron chi connectivity index (χ3n) is 7.34. The van der Waals surface area contributed by atoms with Crippen LogP contribution >= 0.6 is 0 Å².